The molecule has 1 saturated heterocycles. The lowest BCUT2D eigenvalue weighted by molar-refractivity contribution is 0.102. The van der Waals surface area contributed by atoms with Crippen LogP contribution in [-0.2, 0) is 0 Å². The molecule has 4 heterocycles. The third-order valence-corrected chi connectivity index (χ3v) is 5.02. The lowest BCUT2D eigenvalue weighted by Gasteiger charge is -2.27. The van der Waals surface area contributed by atoms with E-state index in [9.17, 15) is 4.79 Å². The van der Waals surface area contributed by atoms with Crippen molar-refractivity contribution in [3.8, 4) is 5.75 Å². The van der Waals surface area contributed by atoms with Crippen LogP contribution in [0.1, 0.15) is 10.5 Å². The van der Waals surface area contributed by atoms with Gasteiger partial charge >= 0.3 is 0 Å². The SMILES string of the molecule is COc1cnc(N2CCNCC2)nc1Nc1ccc(NC(=O)c2cccc(Br)n2)cn1. The van der Waals surface area contributed by atoms with Gasteiger partial charge in [0.15, 0.2) is 11.6 Å². The van der Waals surface area contributed by atoms with E-state index >= 15 is 0 Å². The quantitative estimate of drug-likeness (QED) is 0.453. The summed E-state index contributed by atoms with van der Waals surface area (Å²) in [6, 6.07) is 8.64. The molecule has 11 heteroatoms. The molecule has 10 nitrogen and oxygen atoms in total. The fraction of sp³-hybridized carbons (Fsp3) is 0.250. The van der Waals surface area contributed by atoms with Crippen molar-refractivity contribution >= 4 is 45.1 Å². The normalized spacial score (nSPS) is 13.5. The largest absolute Gasteiger partial charge is 0.491 e. The highest BCUT2D eigenvalue weighted by molar-refractivity contribution is 9.10. The summed E-state index contributed by atoms with van der Waals surface area (Å²) in [7, 11) is 1.57. The van der Waals surface area contributed by atoms with Gasteiger partial charge in [0.2, 0.25) is 5.95 Å². The van der Waals surface area contributed by atoms with Crippen molar-refractivity contribution < 1.29 is 9.53 Å². The Kier molecular flexibility index (Phi) is 6.53. The second-order valence-electron chi connectivity index (χ2n) is 6.68. The van der Waals surface area contributed by atoms with Crippen LogP contribution in [0.5, 0.6) is 5.75 Å². The Morgan fingerprint density at radius 2 is 1.97 bits per heavy atom. The van der Waals surface area contributed by atoms with Crippen LogP contribution in [0, 0.1) is 0 Å². The molecule has 0 atom stereocenters. The number of halogens is 1. The van der Waals surface area contributed by atoms with E-state index in [1.807, 2.05) is 0 Å². The maximum Gasteiger partial charge on any atom is 0.274 e. The number of hydrogen-bond acceptors (Lipinski definition) is 9. The topological polar surface area (TPSA) is 117 Å². The molecule has 3 N–H and O–H groups in total. The Bertz CT molecular complexity index is 1060. The molecular formula is C20H21BrN8O2. The van der Waals surface area contributed by atoms with Crippen LogP contribution < -0.4 is 25.6 Å². The van der Waals surface area contributed by atoms with Crippen molar-refractivity contribution in [2.24, 2.45) is 0 Å². The van der Waals surface area contributed by atoms with Gasteiger partial charge in [0, 0.05) is 26.2 Å². The number of nitrogens with one attached hydrogen (secondary N) is 3. The molecule has 4 rings (SSSR count). The van der Waals surface area contributed by atoms with E-state index in [1.165, 1.54) is 0 Å². The molecule has 0 spiro atoms. The summed E-state index contributed by atoms with van der Waals surface area (Å²) in [5.41, 5.74) is 0.858. The zero-order valence-electron chi connectivity index (χ0n) is 16.8. The molecule has 160 valence electrons. The Morgan fingerprint density at radius 3 is 2.68 bits per heavy atom. The highest BCUT2D eigenvalue weighted by Crippen LogP contribution is 2.26. The van der Waals surface area contributed by atoms with Crippen molar-refractivity contribution in [3.63, 3.8) is 0 Å². The summed E-state index contributed by atoms with van der Waals surface area (Å²) in [6.45, 7) is 3.46. The summed E-state index contributed by atoms with van der Waals surface area (Å²) < 4.78 is 5.98. The summed E-state index contributed by atoms with van der Waals surface area (Å²) in [4.78, 5) is 32.0. The molecule has 1 fully saturated rings. The highest BCUT2D eigenvalue weighted by Gasteiger charge is 2.16. The Labute approximate surface area is 187 Å². The van der Waals surface area contributed by atoms with Gasteiger partial charge in [-0.1, -0.05) is 6.07 Å². The lowest BCUT2D eigenvalue weighted by Crippen LogP contribution is -2.44. The molecule has 3 aromatic heterocycles. The first-order valence-electron chi connectivity index (χ1n) is 9.66. The van der Waals surface area contributed by atoms with E-state index in [-0.39, 0.29) is 5.91 Å². The number of anilines is 4. The zero-order chi connectivity index (χ0) is 21.6. The molecular weight excluding hydrogens is 464 g/mol. The number of piperazine rings is 1. The van der Waals surface area contributed by atoms with Gasteiger partial charge in [-0.2, -0.15) is 4.98 Å². The summed E-state index contributed by atoms with van der Waals surface area (Å²) in [5, 5.41) is 9.25. The number of ether oxygens (including phenoxy) is 1. The smallest absolute Gasteiger partial charge is 0.274 e. The molecule has 0 unspecified atom stereocenters. The summed E-state index contributed by atoms with van der Waals surface area (Å²) in [5.74, 6) is 1.91. The average molecular weight is 485 g/mol. The highest BCUT2D eigenvalue weighted by atomic mass is 79.9. The van der Waals surface area contributed by atoms with Crippen molar-refractivity contribution in [1.82, 2.24) is 25.3 Å². The maximum absolute atomic E-state index is 12.3. The number of carbonyl (C=O) groups is 1. The van der Waals surface area contributed by atoms with Crippen LogP contribution in [0.2, 0.25) is 0 Å². The van der Waals surface area contributed by atoms with E-state index in [2.05, 4.69) is 56.7 Å². The van der Waals surface area contributed by atoms with Gasteiger partial charge in [-0.25, -0.2) is 15.0 Å². The van der Waals surface area contributed by atoms with Crippen LogP contribution >= 0.6 is 15.9 Å². The van der Waals surface area contributed by atoms with Crippen LogP contribution in [0.4, 0.5) is 23.3 Å². The van der Waals surface area contributed by atoms with E-state index in [4.69, 9.17) is 4.74 Å². The van der Waals surface area contributed by atoms with Gasteiger partial charge in [0.1, 0.15) is 16.1 Å². The predicted molar refractivity (Wildman–Crippen MR) is 121 cm³/mol. The molecule has 31 heavy (non-hydrogen) atoms. The van der Waals surface area contributed by atoms with Crippen molar-refractivity contribution in [3.05, 3.63) is 53.0 Å². The number of aromatic nitrogens is 4. The van der Waals surface area contributed by atoms with E-state index < -0.39 is 0 Å². The molecule has 1 aliphatic rings. The van der Waals surface area contributed by atoms with Crippen LogP contribution in [0.3, 0.4) is 0 Å². The molecule has 1 amide bonds. The van der Waals surface area contributed by atoms with Crippen LogP contribution in [0.15, 0.2) is 47.3 Å². The number of methoxy groups -OCH3 is 1. The van der Waals surface area contributed by atoms with E-state index in [1.54, 1.807) is 49.8 Å². The molecule has 0 aromatic carbocycles. The molecule has 0 saturated carbocycles. The summed E-state index contributed by atoms with van der Waals surface area (Å²) in [6.07, 6.45) is 3.20. The first-order chi connectivity index (χ1) is 15.1. The van der Waals surface area contributed by atoms with Gasteiger partial charge in [-0.05, 0) is 40.2 Å². The Morgan fingerprint density at radius 1 is 1.13 bits per heavy atom. The van der Waals surface area contributed by atoms with Gasteiger partial charge in [0.25, 0.3) is 5.91 Å². The van der Waals surface area contributed by atoms with E-state index in [0.717, 1.165) is 26.2 Å². The third kappa shape index (κ3) is 5.25. The van der Waals surface area contributed by atoms with Gasteiger partial charge < -0.3 is 25.6 Å². The number of hydrogen-bond donors (Lipinski definition) is 3. The minimum Gasteiger partial charge on any atom is -0.491 e. The fourth-order valence-electron chi connectivity index (χ4n) is 3.01. The molecule has 3 aromatic rings. The first-order valence-corrected chi connectivity index (χ1v) is 10.5. The van der Waals surface area contributed by atoms with Gasteiger partial charge in [-0.3, -0.25) is 4.79 Å². The summed E-state index contributed by atoms with van der Waals surface area (Å²) >= 11 is 3.26. The zero-order valence-corrected chi connectivity index (χ0v) is 18.4. The Hall–Kier alpha value is -3.31. The average Bonchev–Trinajstić information content (AvgIpc) is 2.81. The maximum atomic E-state index is 12.3. The molecule has 1 aliphatic heterocycles. The monoisotopic (exact) mass is 484 g/mol. The minimum atomic E-state index is -0.318. The number of pyridine rings is 2. The lowest BCUT2D eigenvalue weighted by atomic mass is 10.3. The van der Waals surface area contributed by atoms with Gasteiger partial charge in [0.05, 0.1) is 25.2 Å². The Balaban J connectivity index is 1.46. The van der Waals surface area contributed by atoms with Crippen LogP contribution in [-0.4, -0.2) is 59.1 Å². The first kappa shape index (κ1) is 20.9. The van der Waals surface area contributed by atoms with Crippen molar-refractivity contribution in [2.45, 2.75) is 0 Å². The van der Waals surface area contributed by atoms with E-state index in [0.29, 0.717) is 39.3 Å². The molecule has 0 bridgehead atoms. The fourth-order valence-corrected chi connectivity index (χ4v) is 3.35. The number of carbonyl (C=O) groups excluding carboxylic acids is 1. The minimum absolute atomic E-state index is 0.308. The van der Waals surface area contributed by atoms with Crippen LogP contribution in [0.25, 0.3) is 0 Å². The second kappa shape index (κ2) is 9.67. The van der Waals surface area contributed by atoms with Crippen molar-refractivity contribution in [2.75, 3.05) is 48.8 Å². The number of nitrogens with zero attached hydrogens (tertiary/aromatic N) is 5. The third-order valence-electron chi connectivity index (χ3n) is 4.58. The van der Waals surface area contributed by atoms with Crippen molar-refractivity contribution in [1.29, 1.82) is 0 Å². The number of amides is 1. The number of rotatable bonds is 6. The molecule has 0 aliphatic carbocycles. The van der Waals surface area contributed by atoms with Gasteiger partial charge in [-0.15, -0.1) is 0 Å². The molecule has 0 radical (unpaired) electrons. The predicted octanol–water partition coefficient (Wildman–Crippen LogP) is 2.44. The standard InChI is InChI=1S/C20H21BrN8O2/c1-31-15-12-24-20(29-9-7-22-8-10-29)28-18(15)27-17-6-5-13(11-23-17)25-19(30)14-3-2-4-16(21)26-14/h2-6,11-12,22H,7-10H2,1H3,(H,25,30)(H,23,24,27,28). The second-order valence-corrected chi connectivity index (χ2v) is 7.49.